The van der Waals surface area contributed by atoms with Crippen molar-refractivity contribution < 1.29 is 9.53 Å². The number of methoxy groups -OCH3 is 1. The molecule has 0 aliphatic carbocycles. The highest BCUT2D eigenvalue weighted by molar-refractivity contribution is 5.95. The lowest BCUT2D eigenvalue weighted by Crippen LogP contribution is -2.47. The predicted octanol–water partition coefficient (Wildman–Crippen LogP) is 0.940. The third kappa shape index (κ3) is 4.62. The van der Waals surface area contributed by atoms with Crippen LogP contribution < -0.4 is 5.73 Å². The first-order chi connectivity index (χ1) is 11.0. The predicted molar refractivity (Wildman–Crippen MR) is 89.2 cm³/mol. The molecule has 1 fully saturated rings. The lowest BCUT2D eigenvalue weighted by Gasteiger charge is -2.37. The summed E-state index contributed by atoms with van der Waals surface area (Å²) in [5.41, 5.74) is 6.76. The molecule has 7 heteroatoms. The molecule has 2 rings (SSSR count). The number of carbonyl (C=O) groups excluding carboxylic acids is 1. The van der Waals surface area contributed by atoms with Gasteiger partial charge in [-0.25, -0.2) is 9.97 Å². The van der Waals surface area contributed by atoms with Crippen molar-refractivity contribution in [3.63, 3.8) is 0 Å². The average Bonchev–Trinajstić information content (AvgIpc) is 2.52. The number of nitrogen functional groups attached to an aromatic ring is 1. The number of hydrogen-bond donors (Lipinski definition) is 1. The molecule has 128 valence electrons. The molecule has 0 aromatic carbocycles. The van der Waals surface area contributed by atoms with Gasteiger partial charge >= 0.3 is 0 Å². The van der Waals surface area contributed by atoms with E-state index in [1.165, 1.54) is 6.20 Å². The van der Waals surface area contributed by atoms with E-state index in [4.69, 9.17) is 10.5 Å². The minimum absolute atomic E-state index is 0.00634. The van der Waals surface area contributed by atoms with E-state index >= 15 is 0 Å². The normalized spacial score (nSPS) is 16.5. The second kappa shape index (κ2) is 8.21. The van der Waals surface area contributed by atoms with Crippen LogP contribution >= 0.6 is 0 Å². The van der Waals surface area contributed by atoms with E-state index in [-0.39, 0.29) is 17.9 Å². The Kier molecular flexibility index (Phi) is 6.29. The van der Waals surface area contributed by atoms with Crippen molar-refractivity contribution in [2.75, 3.05) is 46.1 Å². The van der Waals surface area contributed by atoms with E-state index in [0.717, 1.165) is 32.4 Å². The summed E-state index contributed by atoms with van der Waals surface area (Å²) in [5, 5.41) is 0. The van der Waals surface area contributed by atoms with E-state index in [9.17, 15) is 4.79 Å². The Morgan fingerprint density at radius 3 is 2.78 bits per heavy atom. The molecule has 0 unspecified atom stereocenters. The fourth-order valence-corrected chi connectivity index (χ4v) is 2.99. The molecule has 1 aliphatic heterocycles. The first kappa shape index (κ1) is 17.6. The second-order valence-electron chi connectivity index (χ2n) is 6.11. The van der Waals surface area contributed by atoms with Gasteiger partial charge in [-0.15, -0.1) is 0 Å². The van der Waals surface area contributed by atoms with Gasteiger partial charge in [-0.05, 0) is 46.3 Å². The minimum atomic E-state index is -0.00634. The van der Waals surface area contributed by atoms with Crippen LogP contribution in [-0.2, 0) is 4.74 Å². The van der Waals surface area contributed by atoms with Crippen molar-refractivity contribution in [1.29, 1.82) is 0 Å². The maximum absolute atomic E-state index is 13.0. The Balaban J connectivity index is 2.16. The van der Waals surface area contributed by atoms with Gasteiger partial charge in [0.1, 0.15) is 0 Å². The Labute approximate surface area is 137 Å². The smallest absolute Gasteiger partial charge is 0.257 e. The number of hydrogen-bond acceptors (Lipinski definition) is 6. The molecule has 0 spiro atoms. The van der Waals surface area contributed by atoms with Gasteiger partial charge < -0.3 is 20.3 Å². The maximum atomic E-state index is 13.0. The van der Waals surface area contributed by atoms with Gasteiger partial charge in [0, 0.05) is 32.5 Å². The Bertz CT molecular complexity index is 529. The topological polar surface area (TPSA) is 84.6 Å². The largest absolute Gasteiger partial charge is 0.385 e. The highest BCUT2D eigenvalue weighted by atomic mass is 16.5. The van der Waals surface area contributed by atoms with Crippen molar-refractivity contribution in [3.05, 3.63) is 17.5 Å². The van der Waals surface area contributed by atoms with Crippen molar-refractivity contribution >= 4 is 11.9 Å². The number of aryl methyl sites for hydroxylation is 1. The number of nitrogens with zero attached hydrogens (tertiary/aromatic N) is 4. The summed E-state index contributed by atoms with van der Waals surface area (Å²) in [6, 6.07) is 0.257. The molecule has 23 heavy (non-hydrogen) atoms. The molecule has 1 aromatic heterocycles. The molecule has 1 saturated heterocycles. The van der Waals surface area contributed by atoms with Crippen molar-refractivity contribution in [3.8, 4) is 0 Å². The summed E-state index contributed by atoms with van der Waals surface area (Å²) < 4.78 is 5.13. The first-order valence-corrected chi connectivity index (χ1v) is 8.10. The highest BCUT2D eigenvalue weighted by Crippen LogP contribution is 2.19. The molecular weight excluding hydrogens is 294 g/mol. The Morgan fingerprint density at radius 2 is 2.17 bits per heavy atom. The molecule has 2 heterocycles. The quantitative estimate of drug-likeness (QED) is 0.785. The minimum Gasteiger partial charge on any atom is -0.385 e. The van der Waals surface area contributed by atoms with Crippen LogP contribution in [-0.4, -0.2) is 72.1 Å². The molecular formula is C16H27N5O2. The van der Waals surface area contributed by atoms with Crippen LogP contribution in [0, 0.1) is 6.92 Å². The summed E-state index contributed by atoms with van der Waals surface area (Å²) in [5.74, 6) is 0.192. The molecule has 1 aromatic rings. The zero-order valence-electron chi connectivity index (χ0n) is 14.3. The van der Waals surface area contributed by atoms with Gasteiger partial charge in [-0.1, -0.05) is 0 Å². The van der Waals surface area contributed by atoms with E-state index in [2.05, 4.69) is 21.9 Å². The maximum Gasteiger partial charge on any atom is 0.257 e. The van der Waals surface area contributed by atoms with Gasteiger partial charge in [-0.3, -0.25) is 4.79 Å². The van der Waals surface area contributed by atoms with Crippen LogP contribution in [0.1, 0.15) is 35.3 Å². The van der Waals surface area contributed by atoms with Gasteiger partial charge in [0.15, 0.2) is 0 Å². The van der Waals surface area contributed by atoms with E-state index in [1.54, 1.807) is 14.0 Å². The molecule has 0 atom stereocenters. The third-order valence-electron chi connectivity index (χ3n) is 4.37. The van der Waals surface area contributed by atoms with Crippen LogP contribution in [0.25, 0.3) is 0 Å². The van der Waals surface area contributed by atoms with Crippen LogP contribution in [0.4, 0.5) is 5.95 Å². The second-order valence-corrected chi connectivity index (χ2v) is 6.11. The van der Waals surface area contributed by atoms with Crippen LogP contribution in [0.15, 0.2) is 6.20 Å². The molecule has 0 radical (unpaired) electrons. The first-order valence-electron chi connectivity index (χ1n) is 8.10. The Morgan fingerprint density at radius 1 is 1.48 bits per heavy atom. The molecule has 0 bridgehead atoms. The fourth-order valence-electron chi connectivity index (χ4n) is 2.99. The number of piperidine rings is 1. The zero-order chi connectivity index (χ0) is 16.8. The van der Waals surface area contributed by atoms with Crippen LogP contribution in [0.5, 0.6) is 0 Å². The van der Waals surface area contributed by atoms with Gasteiger partial charge in [0.05, 0.1) is 11.3 Å². The molecule has 1 aliphatic rings. The van der Waals surface area contributed by atoms with Crippen LogP contribution in [0.3, 0.4) is 0 Å². The van der Waals surface area contributed by atoms with E-state index < -0.39 is 0 Å². The monoisotopic (exact) mass is 321 g/mol. The van der Waals surface area contributed by atoms with Crippen molar-refractivity contribution in [2.24, 2.45) is 0 Å². The third-order valence-corrected chi connectivity index (χ3v) is 4.37. The van der Waals surface area contributed by atoms with Gasteiger partial charge in [0.2, 0.25) is 5.95 Å². The molecule has 2 N–H and O–H groups in total. The number of nitrogens with two attached hydrogens (primary N) is 1. The lowest BCUT2D eigenvalue weighted by atomic mass is 10.0. The lowest BCUT2D eigenvalue weighted by molar-refractivity contribution is 0.0562. The number of amides is 1. The number of likely N-dealkylation sites (tertiary alicyclic amines) is 1. The van der Waals surface area contributed by atoms with Gasteiger partial charge in [0.25, 0.3) is 5.91 Å². The number of aromatic nitrogens is 2. The van der Waals surface area contributed by atoms with E-state index in [1.807, 2.05) is 4.90 Å². The molecule has 0 saturated carbocycles. The Hall–Kier alpha value is -1.73. The molecule has 7 nitrogen and oxygen atoms in total. The molecule has 1 amide bonds. The SMILES string of the molecule is COCCCN(C(=O)c1cnc(N)nc1C)C1CCN(C)CC1. The van der Waals surface area contributed by atoms with Crippen molar-refractivity contribution in [1.82, 2.24) is 19.8 Å². The van der Waals surface area contributed by atoms with Gasteiger partial charge in [-0.2, -0.15) is 0 Å². The summed E-state index contributed by atoms with van der Waals surface area (Å²) in [4.78, 5) is 25.4. The summed E-state index contributed by atoms with van der Waals surface area (Å²) >= 11 is 0. The summed E-state index contributed by atoms with van der Waals surface area (Å²) in [6.45, 7) is 5.15. The number of rotatable bonds is 6. The number of carbonyl (C=O) groups is 1. The standard InChI is InChI=1S/C16H27N5O2/c1-12-14(11-18-16(17)19-12)15(22)21(7-4-10-23-3)13-5-8-20(2)9-6-13/h11,13H,4-10H2,1-3H3,(H2,17,18,19). The average molecular weight is 321 g/mol. The number of anilines is 1. The number of ether oxygens (including phenoxy) is 1. The van der Waals surface area contributed by atoms with Crippen molar-refractivity contribution in [2.45, 2.75) is 32.2 Å². The highest BCUT2D eigenvalue weighted by Gasteiger charge is 2.28. The van der Waals surface area contributed by atoms with E-state index in [0.29, 0.717) is 24.4 Å². The fraction of sp³-hybridized carbons (Fsp3) is 0.688. The zero-order valence-corrected chi connectivity index (χ0v) is 14.3. The summed E-state index contributed by atoms with van der Waals surface area (Å²) in [7, 11) is 3.80. The van der Waals surface area contributed by atoms with Crippen LogP contribution in [0.2, 0.25) is 0 Å². The summed E-state index contributed by atoms with van der Waals surface area (Å²) in [6.07, 6.45) is 4.34.